The highest BCUT2D eigenvalue weighted by molar-refractivity contribution is 5.87. The van der Waals surface area contributed by atoms with Gasteiger partial charge in [-0.05, 0) is 25.7 Å². The Hall–Kier alpha value is -1.06. The van der Waals surface area contributed by atoms with Crippen LogP contribution in [0.4, 0.5) is 0 Å². The van der Waals surface area contributed by atoms with E-state index in [4.69, 9.17) is 5.73 Å². The summed E-state index contributed by atoms with van der Waals surface area (Å²) in [7, 11) is 0. The van der Waals surface area contributed by atoms with Crippen molar-refractivity contribution in [2.75, 3.05) is 0 Å². The van der Waals surface area contributed by atoms with Crippen LogP contribution in [-0.4, -0.2) is 17.9 Å². The van der Waals surface area contributed by atoms with Crippen molar-refractivity contribution in [1.82, 2.24) is 5.32 Å². The summed E-state index contributed by atoms with van der Waals surface area (Å²) >= 11 is 0. The second-order valence-electron chi connectivity index (χ2n) is 4.21. The number of nitrogens with two attached hydrogens (primary N) is 1. The quantitative estimate of drug-likeness (QED) is 0.726. The van der Waals surface area contributed by atoms with Gasteiger partial charge >= 0.3 is 0 Å². The molecule has 1 saturated heterocycles. The van der Waals surface area contributed by atoms with Crippen LogP contribution in [0.25, 0.3) is 0 Å². The summed E-state index contributed by atoms with van der Waals surface area (Å²) < 4.78 is 0. The molecule has 4 nitrogen and oxygen atoms in total. The molecule has 0 saturated carbocycles. The van der Waals surface area contributed by atoms with Crippen LogP contribution in [0.2, 0.25) is 0 Å². The average Bonchev–Trinajstić information content (AvgIpc) is 2.36. The highest BCUT2D eigenvalue weighted by Gasteiger charge is 2.34. The van der Waals surface area contributed by atoms with E-state index in [1.54, 1.807) is 0 Å². The van der Waals surface area contributed by atoms with Crippen LogP contribution >= 0.6 is 0 Å². The zero-order valence-electron chi connectivity index (χ0n) is 9.45. The fraction of sp³-hybridized carbons (Fsp3) is 0.818. The van der Waals surface area contributed by atoms with Gasteiger partial charge in [0.25, 0.3) is 0 Å². The Morgan fingerprint density at radius 3 is 2.53 bits per heavy atom. The Balaban J connectivity index is 2.80. The molecule has 0 aromatic rings. The maximum atomic E-state index is 11.8. The Labute approximate surface area is 90.6 Å². The van der Waals surface area contributed by atoms with Crippen LogP contribution < -0.4 is 11.1 Å². The third-order valence-electron chi connectivity index (χ3n) is 3.29. The molecule has 15 heavy (non-hydrogen) atoms. The lowest BCUT2D eigenvalue weighted by atomic mass is 9.86. The van der Waals surface area contributed by atoms with Crippen LogP contribution in [0.15, 0.2) is 0 Å². The monoisotopic (exact) mass is 212 g/mol. The number of carbonyl (C=O) groups is 2. The largest absolute Gasteiger partial charge is 0.369 e. The average molecular weight is 212 g/mol. The van der Waals surface area contributed by atoms with Crippen molar-refractivity contribution >= 4 is 11.8 Å². The van der Waals surface area contributed by atoms with Gasteiger partial charge in [0.15, 0.2) is 0 Å². The number of primary amides is 1. The minimum atomic E-state index is -0.339. The smallest absolute Gasteiger partial charge is 0.224 e. The van der Waals surface area contributed by atoms with Gasteiger partial charge in [-0.25, -0.2) is 0 Å². The number of carbonyl (C=O) groups excluding carboxylic acids is 2. The number of nitrogens with one attached hydrogen (secondary N) is 1. The summed E-state index contributed by atoms with van der Waals surface area (Å²) in [5.41, 5.74) is 5.33. The predicted molar refractivity (Wildman–Crippen MR) is 57.9 cm³/mol. The molecule has 1 unspecified atom stereocenters. The first-order chi connectivity index (χ1) is 7.10. The van der Waals surface area contributed by atoms with Gasteiger partial charge in [0, 0.05) is 17.9 Å². The molecule has 0 bridgehead atoms. The molecule has 3 N–H and O–H groups in total. The molecule has 0 radical (unpaired) electrons. The van der Waals surface area contributed by atoms with E-state index >= 15 is 0 Å². The second kappa shape index (κ2) is 5.14. The molecule has 1 fully saturated rings. The van der Waals surface area contributed by atoms with Gasteiger partial charge in [-0.1, -0.05) is 13.8 Å². The lowest BCUT2D eigenvalue weighted by Gasteiger charge is -2.18. The Kier molecular flexibility index (Phi) is 4.12. The molecular formula is C11H20N2O2. The first-order valence-corrected chi connectivity index (χ1v) is 5.69. The Bertz CT molecular complexity index is 253. The standard InChI is InChI=1S/C11H20N2O2/c1-3-7-5-6-9(10(12)14)8(4-2)11(15)13-7/h7-9H,3-6H2,1-2H3,(H2,12,14)(H,13,15)/t7-,8?,9+/m0/s1. The SMILES string of the molecule is CCC1C(=O)N[C@@H](CC)CC[C@H]1C(N)=O. The molecule has 2 amide bonds. The fourth-order valence-corrected chi connectivity index (χ4v) is 2.26. The molecular weight excluding hydrogens is 192 g/mol. The van der Waals surface area contributed by atoms with E-state index in [1.165, 1.54) is 0 Å². The maximum absolute atomic E-state index is 11.8. The van der Waals surface area contributed by atoms with Crippen molar-refractivity contribution in [3.63, 3.8) is 0 Å². The molecule has 0 aliphatic carbocycles. The Morgan fingerprint density at radius 1 is 1.40 bits per heavy atom. The molecule has 1 aliphatic heterocycles. The minimum absolute atomic E-state index is 0.00866. The van der Waals surface area contributed by atoms with Crippen molar-refractivity contribution in [3.8, 4) is 0 Å². The summed E-state index contributed by atoms with van der Waals surface area (Å²) in [5, 5.41) is 2.97. The first-order valence-electron chi connectivity index (χ1n) is 5.69. The Morgan fingerprint density at radius 2 is 2.07 bits per heavy atom. The van der Waals surface area contributed by atoms with Gasteiger partial charge in [-0.3, -0.25) is 9.59 Å². The molecule has 3 atom stereocenters. The molecule has 1 heterocycles. The van der Waals surface area contributed by atoms with Gasteiger partial charge in [0.1, 0.15) is 0 Å². The van der Waals surface area contributed by atoms with E-state index in [1.807, 2.05) is 13.8 Å². The summed E-state index contributed by atoms with van der Waals surface area (Å²) in [4.78, 5) is 23.1. The summed E-state index contributed by atoms with van der Waals surface area (Å²) in [6, 6.07) is 0.205. The highest BCUT2D eigenvalue weighted by Crippen LogP contribution is 2.25. The van der Waals surface area contributed by atoms with Crippen LogP contribution in [0.1, 0.15) is 39.5 Å². The number of rotatable bonds is 3. The van der Waals surface area contributed by atoms with Gasteiger partial charge in [0.2, 0.25) is 11.8 Å². The second-order valence-corrected chi connectivity index (χ2v) is 4.21. The van der Waals surface area contributed by atoms with Crippen molar-refractivity contribution in [3.05, 3.63) is 0 Å². The van der Waals surface area contributed by atoms with Crippen molar-refractivity contribution in [2.45, 2.75) is 45.6 Å². The van der Waals surface area contributed by atoms with Gasteiger partial charge < -0.3 is 11.1 Å². The van der Waals surface area contributed by atoms with E-state index in [0.717, 1.165) is 19.3 Å². The molecule has 1 rings (SSSR count). The van der Waals surface area contributed by atoms with E-state index < -0.39 is 0 Å². The normalized spacial score (nSPS) is 31.9. The third-order valence-corrected chi connectivity index (χ3v) is 3.29. The van der Waals surface area contributed by atoms with E-state index in [-0.39, 0.29) is 29.7 Å². The molecule has 1 aliphatic rings. The fourth-order valence-electron chi connectivity index (χ4n) is 2.26. The van der Waals surface area contributed by atoms with Gasteiger partial charge in [0.05, 0.1) is 0 Å². The third kappa shape index (κ3) is 2.70. The summed E-state index contributed by atoms with van der Waals surface area (Å²) in [6.45, 7) is 3.96. The van der Waals surface area contributed by atoms with Crippen molar-refractivity contribution < 1.29 is 9.59 Å². The number of hydrogen-bond acceptors (Lipinski definition) is 2. The van der Waals surface area contributed by atoms with Crippen molar-refractivity contribution in [2.24, 2.45) is 17.6 Å². The number of hydrogen-bond donors (Lipinski definition) is 2. The minimum Gasteiger partial charge on any atom is -0.369 e. The molecule has 0 spiro atoms. The molecule has 4 heteroatoms. The topological polar surface area (TPSA) is 72.2 Å². The zero-order chi connectivity index (χ0) is 11.4. The summed E-state index contributed by atoms with van der Waals surface area (Å²) in [6.07, 6.45) is 3.17. The lowest BCUT2D eigenvalue weighted by Crippen LogP contribution is -2.39. The zero-order valence-corrected chi connectivity index (χ0v) is 9.45. The van der Waals surface area contributed by atoms with E-state index in [9.17, 15) is 9.59 Å². The number of amides is 2. The lowest BCUT2D eigenvalue weighted by molar-refractivity contribution is -0.132. The van der Waals surface area contributed by atoms with Gasteiger partial charge in [-0.2, -0.15) is 0 Å². The maximum Gasteiger partial charge on any atom is 0.224 e. The summed E-state index contributed by atoms with van der Waals surface area (Å²) in [5.74, 6) is -0.870. The van der Waals surface area contributed by atoms with Crippen LogP contribution in [-0.2, 0) is 9.59 Å². The molecule has 86 valence electrons. The van der Waals surface area contributed by atoms with Gasteiger partial charge in [-0.15, -0.1) is 0 Å². The van der Waals surface area contributed by atoms with Crippen LogP contribution in [0.5, 0.6) is 0 Å². The molecule has 0 aromatic carbocycles. The predicted octanol–water partition coefficient (Wildman–Crippen LogP) is 0.803. The van der Waals surface area contributed by atoms with E-state index in [0.29, 0.717) is 6.42 Å². The van der Waals surface area contributed by atoms with E-state index in [2.05, 4.69) is 5.32 Å². The first kappa shape index (κ1) is 12.0. The molecule has 0 aromatic heterocycles. The highest BCUT2D eigenvalue weighted by atomic mass is 16.2. The van der Waals surface area contributed by atoms with Crippen molar-refractivity contribution in [1.29, 1.82) is 0 Å². The van der Waals surface area contributed by atoms with Crippen LogP contribution in [0, 0.1) is 11.8 Å². The van der Waals surface area contributed by atoms with Crippen LogP contribution in [0.3, 0.4) is 0 Å².